The van der Waals surface area contributed by atoms with Crippen LogP contribution in [0, 0.1) is 0 Å². The molecule has 1 aliphatic heterocycles. The highest BCUT2D eigenvalue weighted by Crippen LogP contribution is 2.21. The fourth-order valence-corrected chi connectivity index (χ4v) is 2.28. The predicted molar refractivity (Wildman–Crippen MR) is 73.1 cm³/mol. The molecule has 8 nitrogen and oxygen atoms in total. The third kappa shape index (κ3) is 2.70. The van der Waals surface area contributed by atoms with Crippen LogP contribution in [0.2, 0.25) is 5.02 Å². The van der Waals surface area contributed by atoms with E-state index in [1.165, 1.54) is 15.9 Å². The van der Waals surface area contributed by atoms with E-state index in [1.807, 2.05) is 0 Å². The third-order valence-corrected chi connectivity index (χ3v) is 3.45. The van der Waals surface area contributed by atoms with Crippen molar-refractivity contribution in [2.45, 2.75) is 0 Å². The van der Waals surface area contributed by atoms with E-state index in [2.05, 4.69) is 20.8 Å². The van der Waals surface area contributed by atoms with Gasteiger partial charge in [0.05, 0.1) is 22.8 Å². The molecule has 0 radical (unpaired) electrons. The van der Waals surface area contributed by atoms with Gasteiger partial charge in [0.15, 0.2) is 0 Å². The summed E-state index contributed by atoms with van der Waals surface area (Å²) in [5.74, 6) is -0.466. The maximum absolute atomic E-state index is 12.5. The minimum absolute atomic E-state index is 0.0320. The van der Waals surface area contributed by atoms with Gasteiger partial charge in [0.1, 0.15) is 6.33 Å². The van der Waals surface area contributed by atoms with E-state index in [-0.39, 0.29) is 18.4 Å². The Bertz CT molecular complexity index is 687. The van der Waals surface area contributed by atoms with Crippen molar-refractivity contribution in [1.29, 1.82) is 0 Å². The molecule has 0 spiro atoms. The number of halogens is 1. The van der Waals surface area contributed by atoms with E-state index in [4.69, 9.17) is 11.6 Å². The molecule has 1 fully saturated rings. The SMILES string of the molecule is O=C1CN(C(=O)c2cc(-n3cnnn3)ccc2Cl)CCN1. The molecule has 1 aromatic heterocycles. The van der Waals surface area contributed by atoms with Crippen molar-refractivity contribution in [2.75, 3.05) is 19.6 Å². The first-order valence-electron chi connectivity index (χ1n) is 6.24. The van der Waals surface area contributed by atoms with Gasteiger partial charge in [0.25, 0.3) is 5.91 Å². The molecule has 0 atom stereocenters. The minimum Gasteiger partial charge on any atom is -0.353 e. The van der Waals surface area contributed by atoms with Crippen LogP contribution in [0.15, 0.2) is 24.5 Å². The van der Waals surface area contributed by atoms with Crippen molar-refractivity contribution in [2.24, 2.45) is 0 Å². The highest BCUT2D eigenvalue weighted by Gasteiger charge is 2.24. The number of aromatic nitrogens is 4. The van der Waals surface area contributed by atoms with Crippen molar-refractivity contribution in [3.63, 3.8) is 0 Å². The molecule has 1 aliphatic rings. The summed E-state index contributed by atoms with van der Waals surface area (Å²) >= 11 is 6.10. The zero-order chi connectivity index (χ0) is 14.8. The second-order valence-corrected chi connectivity index (χ2v) is 4.90. The monoisotopic (exact) mass is 306 g/mol. The summed E-state index contributed by atoms with van der Waals surface area (Å²) in [4.78, 5) is 25.3. The van der Waals surface area contributed by atoms with Crippen LogP contribution in [-0.4, -0.2) is 56.6 Å². The molecule has 9 heteroatoms. The van der Waals surface area contributed by atoms with Gasteiger partial charge in [0, 0.05) is 13.1 Å². The lowest BCUT2D eigenvalue weighted by Crippen LogP contribution is -2.50. The summed E-state index contributed by atoms with van der Waals surface area (Å²) in [6.07, 6.45) is 1.42. The highest BCUT2D eigenvalue weighted by atomic mass is 35.5. The average Bonchev–Trinajstić information content (AvgIpc) is 3.01. The first-order chi connectivity index (χ1) is 10.1. The van der Waals surface area contributed by atoms with E-state index in [9.17, 15) is 9.59 Å². The fourth-order valence-electron chi connectivity index (χ4n) is 2.08. The number of carbonyl (C=O) groups excluding carboxylic acids is 2. The summed E-state index contributed by atoms with van der Waals surface area (Å²) in [7, 11) is 0. The van der Waals surface area contributed by atoms with E-state index in [0.717, 1.165) is 0 Å². The van der Waals surface area contributed by atoms with Crippen molar-refractivity contribution >= 4 is 23.4 Å². The van der Waals surface area contributed by atoms with E-state index in [1.54, 1.807) is 18.2 Å². The van der Waals surface area contributed by atoms with Crippen molar-refractivity contribution < 1.29 is 9.59 Å². The number of benzene rings is 1. The molecule has 2 heterocycles. The molecule has 1 N–H and O–H groups in total. The number of tetrazole rings is 1. The summed E-state index contributed by atoms with van der Waals surface area (Å²) < 4.78 is 1.43. The van der Waals surface area contributed by atoms with Gasteiger partial charge in [-0.1, -0.05) is 11.6 Å². The van der Waals surface area contributed by atoms with Gasteiger partial charge in [-0.25, -0.2) is 4.68 Å². The quantitative estimate of drug-likeness (QED) is 0.835. The molecule has 108 valence electrons. The van der Waals surface area contributed by atoms with E-state index >= 15 is 0 Å². The minimum atomic E-state index is -0.287. The van der Waals surface area contributed by atoms with Crippen LogP contribution < -0.4 is 5.32 Å². The number of nitrogens with one attached hydrogen (secondary N) is 1. The highest BCUT2D eigenvalue weighted by molar-refractivity contribution is 6.34. The smallest absolute Gasteiger partial charge is 0.255 e. The van der Waals surface area contributed by atoms with Crippen LogP contribution in [0.5, 0.6) is 0 Å². The molecule has 0 bridgehead atoms. The first kappa shape index (κ1) is 13.5. The molecule has 21 heavy (non-hydrogen) atoms. The van der Waals surface area contributed by atoms with Crippen LogP contribution in [-0.2, 0) is 4.79 Å². The Kier molecular flexibility index (Phi) is 3.53. The van der Waals surface area contributed by atoms with Crippen molar-refractivity contribution in [3.05, 3.63) is 35.1 Å². The Morgan fingerprint density at radius 2 is 2.24 bits per heavy atom. The molecule has 2 aromatic rings. The molecule has 3 rings (SSSR count). The molecule has 2 amide bonds. The largest absolute Gasteiger partial charge is 0.353 e. The number of amides is 2. The van der Waals surface area contributed by atoms with Gasteiger partial charge in [0.2, 0.25) is 5.91 Å². The molecule has 1 aromatic carbocycles. The maximum atomic E-state index is 12.5. The Balaban J connectivity index is 1.92. The number of nitrogens with zero attached hydrogens (tertiary/aromatic N) is 5. The lowest BCUT2D eigenvalue weighted by molar-refractivity contribution is -0.123. The summed E-state index contributed by atoms with van der Waals surface area (Å²) in [5.41, 5.74) is 0.938. The molecule has 0 aliphatic carbocycles. The maximum Gasteiger partial charge on any atom is 0.255 e. The van der Waals surface area contributed by atoms with Crippen LogP contribution in [0.3, 0.4) is 0 Å². The zero-order valence-electron chi connectivity index (χ0n) is 10.9. The zero-order valence-corrected chi connectivity index (χ0v) is 11.6. The standard InChI is InChI=1S/C12H11ClN6O2/c13-10-2-1-8(19-7-15-16-17-19)5-9(10)12(21)18-4-3-14-11(20)6-18/h1-2,5,7H,3-4,6H2,(H,14,20). The molecule has 0 unspecified atom stereocenters. The van der Waals surface area contributed by atoms with Crippen LogP contribution >= 0.6 is 11.6 Å². The van der Waals surface area contributed by atoms with E-state index in [0.29, 0.717) is 29.4 Å². The third-order valence-electron chi connectivity index (χ3n) is 3.12. The summed E-state index contributed by atoms with van der Waals surface area (Å²) in [5, 5.41) is 13.8. The van der Waals surface area contributed by atoms with Gasteiger partial charge in [-0.3, -0.25) is 9.59 Å². The van der Waals surface area contributed by atoms with Gasteiger partial charge >= 0.3 is 0 Å². The number of hydrogen-bond acceptors (Lipinski definition) is 5. The van der Waals surface area contributed by atoms with Gasteiger partial charge in [-0.2, -0.15) is 0 Å². The Labute approximate surface area is 124 Å². The molecular weight excluding hydrogens is 296 g/mol. The number of hydrogen-bond donors (Lipinski definition) is 1. The van der Waals surface area contributed by atoms with E-state index < -0.39 is 0 Å². The van der Waals surface area contributed by atoms with Gasteiger partial charge in [-0.05, 0) is 28.6 Å². The molecule has 0 saturated carbocycles. The Morgan fingerprint density at radius 3 is 2.95 bits per heavy atom. The lowest BCUT2D eigenvalue weighted by atomic mass is 10.1. The Hall–Kier alpha value is -2.48. The fraction of sp³-hybridized carbons (Fsp3) is 0.250. The second kappa shape index (κ2) is 5.49. The van der Waals surface area contributed by atoms with Crippen LogP contribution in [0.25, 0.3) is 5.69 Å². The molecular formula is C12H11ClN6O2. The van der Waals surface area contributed by atoms with Gasteiger partial charge < -0.3 is 10.2 Å². The number of rotatable bonds is 2. The normalized spacial score (nSPS) is 14.9. The van der Waals surface area contributed by atoms with Gasteiger partial charge in [-0.15, -0.1) is 5.10 Å². The van der Waals surface area contributed by atoms with Crippen LogP contribution in [0.4, 0.5) is 0 Å². The van der Waals surface area contributed by atoms with Crippen molar-refractivity contribution in [1.82, 2.24) is 30.4 Å². The second-order valence-electron chi connectivity index (χ2n) is 4.50. The van der Waals surface area contributed by atoms with Crippen molar-refractivity contribution in [3.8, 4) is 5.69 Å². The molecule has 1 saturated heterocycles. The summed E-state index contributed by atoms with van der Waals surface area (Å²) in [6.45, 7) is 0.926. The Morgan fingerprint density at radius 1 is 1.38 bits per heavy atom. The topological polar surface area (TPSA) is 93.0 Å². The first-order valence-corrected chi connectivity index (χ1v) is 6.62. The predicted octanol–water partition coefficient (Wildman–Crippen LogP) is -0.112. The van der Waals surface area contributed by atoms with Crippen LogP contribution in [0.1, 0.15) is 10.4 Å². The summed E-state index contributed by atoms with van der Waals surface area (Å²) in [6, 6.07) is 4.92. The average molecular weight is 307 g/mol. The number of carbonyl (C=O) groups is 2. The number of piperazine rings is 1. The lowest BCUT2D eigenvalue weighted by Gasteiger charge is -2.27.